The van der Waals surface area contributed by atoms with Gasteiger partial charge in [-0.1, -0.05) is 13.3 Å². The molecule has 0 spiro atoms. The van der Waals surface area contributed by atoms with Gasteiger partial charge in [-0.25, -0.2) is 8.42 Å². The molecule has 0 radical (unpaired) electrons. The topological polar surface area (TPSA) is 49.4 Å². The predicted octanol–water partition coefficient (Wildman–Crippen LogP) is 0.493. The molecule has 0 aromatic rings. The summed E-state index contributed by atoms with van der Waals surface area (Å²) in [5.74, 6) is 0.637. The molecule has 1 N–H and O–H groups in total. The van der Waals surface area contributed by atoms with E-state index in [1.165, 1.54) is 0 Å². The Bertz CT molecular complexity index is 297. The normalized spacial score (nSPS) is 27.8. The molecule has 1 saturated heterocycles. The van der Waals surface area contributed by atoms with Gasteiger partial charge in [0.1, 0.15) is 0 Å². The molecule has 4 nitrogen and oxygen atoms in total. The fourth-order valence-electron chi connectivity index (χ4n) is 2.51. The average Bonchev–Trinajstić information content (AvgIpc) is 2.16. The van der Waals surface area contributed by atoms with Crippen LogP contribution in [0.5, 0.6) is 0 Å². The van der Waals surface area contributed by atoms with Gasteiger partial charge in [0.05, 0.1) is 11.5 Å². The van der Waals surface area contributed by atoms with Crippen LogP contribution in [0.15, 0.2) is 0 Å². The van der Waals surface area contributed by atoms with Gasteiger partial charge < -0.3 is 5.32 Å². The molecule has 0 amide bonds. The quantitative estimate of drug-likeness (QED) is 0.769. The Morgan fingerprint density at radius 3 is 2.69 bits per heavy atom. The monoisotopic (exact) mass is 248 g/mol. The Morgan fingerprint density at radius 1 is 1.50 bits per heavy atom. The van der Waals surface area contributed by atoms with Gasteiger partial charge in [-0.3, -0.25) is 4.90 Å². The maximum Gasteiger partial charge on any atom is 0.153 e. The van der Waals surface area contributed by atoms with Crippen LogP contribution in [0.2, 0.25) is 0 Å². The second-order valence-electron chi connectivity index (χ2n) is 4.70. The number of hydrogen-bond acceptors (Lipinski definition) is 4. The fourth-order valence-corrected chi connectivity index (χ4v) is 4.09. The van der Waals surface area contributed by atoms with Crippen LogP contribution in [0, 0.1) is 0 Å². The van der Waals surface area contributed by atoms with Crippen LogP contribution >= 0.6 is 0 Å². The number of rotatable bonds is 5. The van der Waals surface area contributed by atoms with E-state index in [0.29, 0.717) is 24.1 Å². The molecular weight excluding hydrogens is 224 g/mol. The minimum Gasteiger partial charge on any atom is -0.318 e. The summed E-state index contributed by atoms with van der Waals surface area (Å²) in [7, 11) is -0.838. The zero-order valence-electron chi connectivity index (χ0n) is 10.6. The van der Waals surface area contributed by atoms with E-state index in [1.54, 1.807) is 0 Å². The predicted molar refractivity (Wildman–Crippen MR) is 67.4 cm³/mol. The summed E-state index contributed by atoms with van der Waals surface area (Å²) < 4.78 is 23.0. The molecule has 1 rings (SSSR count). The Labute approximate surface area is 99.3 Å². The van der Waals surface area contributed by atoms with E-state index in [2.05, 4.69) is 17.1 Å². The van der Waals surface area contributed by atoms with Crippen molar-refractivity contribution in [2.75, 3.05) is 31.6 Å². The summed E-state index contributed by atoms with van der Waals surface area (Å²) >= 11 is 0. The summed E-state index contributed by atoms with van der Waals surface area (Å²) in [6.07, 6.45) is 2.27. The van der Waals surface area contributed by atoms with Crippen molar-refractivity contribution in [3.05, 3.63) is 0 Å². The van der Waals surface area contributed by atoms with Gasteiger partial charge in [0, 0.05) is 25.2 Å². The first-order chi connectivity index (χ1) is 7.50. The second kappa shape index (κ2) is 5.98. The van der Waals surface area contributed by atoms with Gasteiger partial charge in [-0.15, -0.1) is 0 Å². The Kier molecular flexibility index (Phi) is 5.21. The molecule has 1 aliphatic heterocycles. The molecule has 1 aliphatic rings. The summed E-state index contributed by atoms with van der Waals surface area (Å²) in [5, 5.41) is 3.20. The fraction of sp³-hybridized carbons (Fsp3) is 1.00. The third kappa shape index (κ3) is 3.71. The number of nitrogens with zero attached hydrogens (tertiary/aromatic N) is 1. The summed E-state index contributed by atoms with van der Waals surface area (Å²) in [6.45, 7) is 5.83. The molecule has 5 heteroatoms. The number of sulfone groups is 1. The zero-order chi connectivity index (χ0) is 12.2. The van der Waals surface area contributed by atoms with Crippen molar-refractivity contribution in [3.8, 4) is 0 Å². The van der Waals surface area contributed by atoms with Crippen LogP contribution in [0.1, 0.15) is 26.7 Å². The smallest absolute Gasteiger partial charge is 0.153 e. The summed E-state index contributed by atoms with van der Waals surface area (Å²) in [4.78, 5) is 2.35. The lowest BCUT2D eigenvalue weighted by atomic mass is 10.1. The van der Waals surface area contributed by atoms with Crippen molar-refractivity contribution in [3.63, 3.8) is 0 Å². The number of nitrogens with one attached hydrogen (secondary N) is 1. The summed E-state index contributed by atoms with van der Waals surface area (Å²) in [5.41, 5.74) is 0. The minimum atomic E-state index is -2.79. The van der Waals surface area contributed by atoms with E-state index in [9.17, 15) is 8.42 Å². The number of likely N-dealkylation sites (N-methyl/N-ethyl adjacent to an activating group) is 1. The highest BCUT2D eigenvalue weighted by atomic mass is 32.2. The highest BCUT2D eigenvalue weighted by molar-refractivity contribution is 7.91. The van der Waals surface area contributed by atoms with Crippen LogP contribution in [-0.4, -0.2) is 57.0 Å². The van der Waals surface area contributed by atoms with Gasteiger partial charge in [-0.05, 0) is 20.4 Å². The van der Waals surface area contributed by atoms with Crippen molar-refractivity contribution in [1.82, 2.24) is 10.2 Å². The van der Waals surface area contributed by atoms with Gasteiger partial charge >= 0.3 is 0 Å². The second-order valence-corrected chi connectivity index (χ2v) is 6.93. The molecule has 0 saturated carbocycles. The lowest BCUT2D eigenvalue weighted by Gasteiger charge is -2.39. The largest absolute Gasteiger partial charge is 0.318 e. The van der Waals surface area contributed by atoms with Crippen LogP contribution in [0.3, 0.4) is 0 Å². The van der Waals surface area contributed by atoms with Crippen molar-refractivity contribution in [2.45, 2.75) is 38.8 Å². The van der Waals surface area contributed by atoms with Crippen LogP contribution in [0.25, 0.3) is 0 Å². The maximum atomic E-state index is 11.5. The van der Waals surface area contributed by atoms with E-state index in [4.69, 9.17) is 0 Å². The molecule has 0 aromatic heterocycles. The van der Waals surface area contributed by atoms with Gasteiger partial charge in [0.2, 0.25) is 0 Å². The molecule has 2 unspecified atom stereocenters. The first-order valence-corrected chi connectivity index (χ1v) is 7.93. The molecule has 96 valence electrons. The summed E-state index contributed by atoms with van der Waals surface area (Å²) in [6, 6.07) is 0.629. The molecule has 0 aromatic carbocycles. The van der Waals surface area contributed by atoms with Gasteiger partial charge in [-0.2, -0.15) is 0 Å². The van der Waals surface area contributed by atoms with Crippen molar-refractivity contribution < 1.29 is 8.42 Å². The van der Waals surface area contributed by atoms with E-state index >= 15 is 0 Å². The molecule has 0 aliphatic carbocycles. The standard InChI is InChI=1S/C11H24N2O2S/c1-4-5-11(8-12-3)13-6-7-16(14,15)9-10(13)2/h10-12H,4-9H2,1-3H3. The van der Waals surface area contributed by atoms with Crippen molar-refractivity contribution in [1.29, 1.82) is 0 Å². The van der Waals surface area contributed by atoms with E-state index < -0.39 is 9.84 Å². The average molecular weight is 248 g/mol. The highest BCUT2D eigenvalue weighted by Gasteiger charge is 2.31. The lowest BCUT2D eigenvalue weighted by molar-refractivity contribution is 0.147. The third-order valence-corrected chi connectivity index (χ3v) is 5.05. The van der Waals surface area contributed by atoms with Crippen LogP contribution < -0.4 is 5.32 Å². The Hall–Kier alpha value is -0.130. The first-order valence-electron chi connectivity index (χ1n) is 6.11. The molecular formula is C11H24N2O2S. The van der Waals surface area contributed by atoms with Crippen LogP contribution in [-0.2, 0) is 9.84 Å². The highest BCUT2D eigenvalue weighted by Crippen LogP contribution is 2.17. The molecule has 0 bridgehead atoms. The zero-order valence-corrected chi connectivity index (χ0v) is 11.4. The van der Waals surface area contributed by atoms with Crippen LogP contribution in [0.4, 0.5) is 0 Å². The number of hydrogen-bond donors (Lipinski definition) is 1. The minimum absolute atomic E-state index is 0.156. The molecule has 2 atom stereocenters. The molecule has 1 heterocycles. The maximum absolute atomic E-state index is 11.5. The van der Waals surface area contributed by atoms with Crippen molar-refractivity contribution >= 4 is 9.84 Å². The SMILES string of the molecule is CCCC(CNC)N1CCS(=O)(=O)CC1C. The van der Waals surface area contributed by atoms with E-state index in [1.807, 2.05) is 14.0 Å². The third-order valence-electron chi connectivity index (χ3n) is 3.25. The van der Waals surface area contributed by atoms with E-state index in [0.717, 1.165) is 19.4 Å². The first kappa shape index (κ1) is 13.9. The van der Waals surface area contributed by atoms with E-state index in [-0.39, 0.29) is 6.04 Å². The van der Waals surface area contributed by atoms with Gasteiger partial charge in [0.15, 0.2) is 9.84 Å². The lowest BCUT2D eigenvalue weighted by Crippen LogP contribution is -2.54. The van der Waals surface area contributed by atoms with Crippen molar-refractivity contribution in [2.24, 2.45) is 0 Å². The Morgan fingerprint density at radius 2 is 2.19 bits per heavy atom. The molecule has 16 heavy (non-hydrogen) atoms. The molecule has 1 fully saturated rings. The van der Waals surface area contributed by atoms with Gasteiger partial charge in [0.25, 0.3) is 0 Å². The Balaban J connectivity index is 2.64.